The lowest BCUT2D eigenvalue weighted by Gasteiger charge is -2.09. The molecule has 0 aromatic heterocycles. The summed E-state index contributed by atoms with van der Waals surface area (Å²) >= 11 is 0. The second kappa shape index (κ2) is 10.2. The SMILES string of the molecule is COCCNCCC(=O)NCCc1ccccc1OC. The third-order valence-corrected chi connectivity index (χ3v) is 2.92. The summed E-state index contributed by atoms with van der Waals surface area (Å²) < 4.78 is 10.2. The van der Waals surface area contributed by atoms with Crippen LogP contribution in [0.3, 0.4) is 0 Å². The molecule has 0 aliphatic rings. The van der Waals surface area contributed by atoms with E-state index in [0.29, 0.717) is 26.1 Å². The van der Waals surface area contributed by atoms with Crippen molar-refractivity contribution in [2.75, 3.05) is 40.5 Å². The molecule has 0 aliphatic carbocycles. The van der Waals surface area contributed by atoms with Crippen molar-refractivity contribution >= 4 is 5.91 Å². The molecule has 1 aromatic rings. The van der Waals surface area contributed by atoms with E-state index in [0.717, 1.165) is 24.3 Å². The molecule has 20 heavy (non-hydrogen) atoms. The van der Waals surface area contributed by atoms with Gasteiger partial charge in [-0.3, -0.25) is 4.79 Å². The number of hydrogen-bond acceptors (Lipinski definition) is 4. The Morgan fingerprint density at radius 1 is 1.15 bits per heavy atom. The monoisotopic (exact) mass is 280 g/mol. The van der Waals surface area contributed by atoms with E-state index in [4.69, 9.17) is 9.47 Å². The molecular weight excluding hydrogens is 256 g/mol. The highest BCUT2D eigenvalue weighted by atomic mass is 16.5. The topological polar surface area (TPSA) is 59.6 Å². The number of para-hydroxylation sites is 1. The van der Waals surface area contributed by atoms with E-state index in [2.05, 4.69) is 10.6 Å². The first-order valence-electron chi connectivity index (χ1n) is 6.86. The summed E-state index contributed by atoms with van der Waals surface area (Å²) in [6, 6.07) is 7.85. The molecule has 1 aromatic carbocycles. The quantitative estimate of drug-likeness (QED) is 0.627. The Morgan fingerprint density at radius 3 is 2.70 bits per heavy atom. The van der Waals surface area contributed by atoms with E-state index in [1.165, 1.54) is 0 Å². The third-order valence-electron chi connectivity index (χ3n) is 2.92. The number of benzene rings is 1. The summed E-state index contributed by atoms with van der Waals surface area (Å²) in [6.07, 6.45) is 1.25. The normalized spacial score (nSPS) is 10.3. The van der Waals surface area contributed by atoms with Crippen LogP contribution in [0.25, 0.3) is 0 Å². The van der Waals surface area contributed by atoms with Gasteiger partial charge in [-0.05, 0) is 18.1 Å². The van der Waals surface area contributed by atoms with Gasteiger partial charge >= 0.3 is 0 Å². The number of nitrogens with one attached hydrogen (secondary N) is 2. The van der Waals surface area contributed by atoms with Crippen LogP contribution in [0.15, 0.2) is 24.3 Å². The van der Waals surface area contributed by atoms with Crippen LogP contribution >= 0.6 is 0 Å². The molecular formula is C15H24N2O3. The van der Waals surface area contributed by atoms with Gasteiger partial charge in [-0.1, -0.05) is 18.2 Å². The van der Waals surface area contributed by atoms with Crippen LogP contribution in [0.2, 0.25) is 0 Å². The van der Waals surface area contributed by atoms with Crippen molar-refractivity contribution in [2.24, 2.45) is 0 Å². The van der Waals surface area contributed by atoms with E-state index in [1.54, 1.807) is 14.2 Å². The van der Waals surface area contributed by atoms with Crippen LogP contribution in [0.4, 0.5) is 0 Å². The van der Waals surface area contributed by atoms with Crippen molar-refractivity contribution in [2.45, 2.75) is 12.8 Å². The second-order valence-corrected chi connectivity index (χ2v) is 4.40. The number of amides is 1. The Bertz CT molecular complexity index is 396. The summed E-state index contributed by atoms with van der Waals surface area (Å²) in [7, 11) is 3.31. The predicted molar refractivity (Wildman–Crippen MR) is 79.1 cm³/mol. The molecule has 5 nitrogen and oxygen atoms in total. The fourth-order valence-corrected chi connectivity index (χ4v) is 1.84. The fraction of sp³-hybridized carbons (Fsp3) is 0.533. The number of methoxy groups -OCH3 is 2. The van der Waals surface area contributed by atoms with E-state index in [1.807, 2.05) is 24.3 Å². The van der Waals surface area contributed by atoms with Crippen molar-refractivity contribution in [1.29, 1.82) is 0 Å². The molecule has 5 heteroatoms. The second-order valence-electron chi connectivity index (χ2n) is 4.40. The van der Waals surface area contributed by atoms with E-state index >= 15 is 0 Å². The van der Waals surface area contributed by atoms with Crippen LogP contribution in [-0.2, 0) is 16.0 Å². The lowest BCUT2D eigenvalue weighted by molar-refractivity contribution is -0.120. The zero-order valence-electron chi connectivity index (χ0n) is 12.3. The van der Waals surface area contributed by atoms with Gasteiger partial charge in [-0.25, -0.2) is 0 Å². The lowest BCUT2D eigenvalue weighted by Crippen LogP contribution is -2.30. The van der Waals surface area contributed by atoms with Gasteiger partial charge in [0.05, 0.1) is 13.7 Å². The zero-order valence-corrected chi connectivity index (χ0v) is 12.3. The molecule has 0 fully saturated rings. The number of ether oxygens (including phenoxy) is 2. The van der Waals surface area contributed by atoms with Crippen LogP contribution in [0.1, 0.15) is 12.0 Å². The fourth-order valence-electron chi connectivity index (χ4n) is 1.84. The molecule has 1 amide bonds. The maximum Gasteiger partial charge on any atom is 0.221 e. The Labute approximate surface area is 120 Å². The first-order valence-corrected chi connectivity index (χ1v) is 6.86. The van der Waals surface area contributed by atoms with Gasteiger partial charge in [0.2, 0.25) is 5.91 Å². The smallest absolute Gasteiger partial charge is 0.221 e. The summed E-state index contributed by atoms with van der Waals surface area (Å²) in [6.45, 7) is 2.72. The predicted octanol–water partition coefficient (Wildman–Crippen LogP) is 0.980. The molecule has 1 rings (SSSR count). The first kappa shape index (κ1) is 16.5. The highest BCUT2D eigenvalue weighted by Crippen LogP contribution is 2.17. The van der Waals surface area contributed by atoms with Gasteiger partial charge in [0.25, 0.3) is 0 Å². The van der Waals surface area contributed by atoms with Crippen molar-refractivity contribution < 1.29 is 14.3 Å². The zero-order chi connectivity index (χ0) is 14.6. The number of hydrogen-bond donors (Lipinski definition) is 2. The molecule has 0 aliphatic heterocycles. The largest absolute Gasteiger partial charge is 0.496 e. The van der Waals surface area contributed by atoms with Crippen molar-refractivity contribution in [3.05, 3.63) is 29.8 Å². The highest BCUT2D eigenvalue weighted by molar-refractivity contribution is 5.76. The standard InChI is InChI=1S/C15H24N2O3/c1-19-12-11-16-9-8-15(18)17-10-7-13-5-3-4-6-14(13)20-2/h3-6,16H,7-12H2,1-2H3,(H,17,18). The first-order chi connectivity index (χ1) is 9.77. The van der Waals surface area contributed by atoms with Crippen molar-refractivity contribution in [3.63, 3.8) is 0 Å². The molecule has 2 N–H and O–H groups in total. The summed E-state index contributed by atoms with van der Waals surface area (Å²) in [5.74, 6) is 0.924. The van der Waals surface area contributed by atoms with Crippen molar-refractivity contribution in [1.82, 2.24) is 10.6 Å². The Kier molecular flexibility index (Phi) is 8.42. The molecule has 0 spiro atoms. The van der Waals surface area contributed by atoms with Gasteiger partial charge in [0, 0.05) is 33.2 Å². The van der Waals surface area contributed by atoms with Gasteiger partial charge in [0.15, 0.2) is 0 Å². The van der Waals surface area contributed by atoms with Crippen LogP contribution < -0.4 is 15.4 Å². The lowest BCUT2D eigenvalue weighted by atomic mass is 10.1. The summed E-state index contributed by atoms with van der Waals surface area (Å²) in [4.78, 5) is 11.6. The summed E-state index contributed by atoms with van der Waals surface area (Å²) in [5, 5.41) is 6.05. The Morgan fingerprint density at radius 2 is 1.95 bits per heavy atom. The molecule has 0 bridgehead atoms. The Balaban J connectivity index is 2.15. The number of rotatable bonds is 10. The number of carbonyl (C=O) groups is 1. The van der Waals surface area contributed by atoms with Crippen LogP contribution in [0, 0.1) is 0 Å². The van der Waals surface area contributed by atoms with Gasteiger partial charge in [-0.15, -0.1) is 0 Å². The van der Waals surface area contributed by atoms with Crippen LogP contribution in [0.5, 0.6) is 5.75 Å². The van der Waals surface area contributed by atoms with Gasteiger partial charge < -0.3 is 20.1 Å². The van der Waals surface area contributed by atoms with E-state index in [-0.39, 0.29) is 5.91 Å². The maximum atomic E-state index is 11.6. The molecule has 0 atom stereocenters. The summed E-state index contributed by atoms with van der Waals surface area (Å²) in [5.41, 5.74) is 1.11. The van der Waals surface area contributed by atoms with Gasteiger partial charge in [0.1, 0.15) is 5.75 Å². The molecule has 0 radical (unpaired) electrons. The molecule has 0 heterocycles. The molecule has 0 saturated carbocycles. The maximum absolute atomic E-state index is 11.6. The minimum atomic E-state index is 0.0600. The minimum absolute atomic E-state index is 0.0600. The molecule has 0 unspecified atom stereocenters. The number of carbonyl (C=O) groups excluding carboxylic acids is 1. The molecule has 112 valence electrons. The third kappa shape index (κ3) is 6.54. The average Bonchev–Trinajstić information content (AvgIpc) is 2.47. The Hall–Kier alpha value is -1.59. The molecule has 0 saturated heterocycles. The average molecular weight is 280 g/mol. The minimum Gasteiger partial charge on any atom is -0.496 e. The highest BCUT2D eigenvalue weighted by Gasteiger charge is 2.03. The van der Waals surface area contributed by atoms with Crippen molar-refractivity contribution in [3.8, 4) is 5.75 Å². The van der Waals surface area contributed by atoms with E-state index < -0.39 is 0 Å². The van der Waals surface area contributed by atoms with Gasteiger partial charge in [-0.2, -0.15) is 0 Å². The van der Waals surface area contributed by atoms with E-state index in [9.17, 15) is 4.79 Å². The van der Waals surface area contributed by atoms with Crippen LogP contribution in [-0.4, -0.2) is 46.4 Å².